The van der Waals surface area contributed by atoms with Crippen molar-refractivity contribution < 1.29 is 26.4 Å². The highest BCUT2D eigenvalue weighted by Crippen LogP contribution is 2.16. The van der Waals surface area contributed by atoms with Gasteiger partial charge in [0.15, 0.2) is 0 Å². The average Bonchev–Trinajstić information content (AvgIpc) is 2.47. The monoisotopic (exact) mass is 312 g/mol. The lowest BCUT2D eigenvalue weighted by atomic mass is 10.1. The molecule has 1 aromatic carbocycles. The molecule has 1 saturated heterocycles. The second kappa shape index (κ2) is 8.37. The molecule has 1 aromatic rings. The molecule has 0 spiro atoms. The lowest BCUT2D eigenvalue weighted by Crippen LogP contribution is -3.00. The fraction of sp³-hybridized carbons (Fsp3) is 0.562. The van der Waals surface area contributed by atoms with E-state index in [9.17, 15) is 4.79 Å². The molecule has 0 aliphatic carbocycles. The summed E-state index contributed by atoms with van der Waals surface area (Å²) in [7, 11) is 3.77. The Morgan fingerprint density at radius 1 is 1.24 bits per heavy atom. The third kappa shape index (κ3) is 5.65. The van der Waals surface area contributed by atoms with Crippen LogP contribution in [0, 0.1) is 0 Å². The van der Waals surface area contributed by atoms with Gasteiger partial charge >= 0.3 is 5.97 Å². The Hall–Kier alpha value is -1.10. The maximum atomic E-state index is 11.2. The van der Waals surface area contributed by atoms with Gasteiger partial charge in [0.1, 0.15) is 6.54 Å². The Balaban J connectivity index is 0.00000220. The van der Waals surface area contributed by atoms with Crippen LogP contribution in [0.1, 0.15) is 12.0 Å². The Morgan fingerprint density at radius 3 is 2.43 bits per heavy atom. The minimum absolute atomic E-state index is 0. The number of halogens is 1. The fourth-order valence-corrected chi connectivity index (χ4v) is 2.75. The number of nitrogens with zero attached hydrogens (tertiary/aromatic N) is 2. The van der Waals surface area contributed by atoms with Gasteiger partial charge in [-0.3, -0.25) is 9.69 Å². The van der Waals surface area contributed by atoms with Crippen molar-refractivity contribution in [2.75, 3.05) is 46.9 Å². The van der Waals surface area contributed by atoms with E-state index in [-0.39, 0.29) is 18.4 Å². The van der Waals surface area contributed by atoms with Gasteiger partial charge in [-0.15, -0.1) is 0 Å². The molecule has 0 atom stereocenters. The number of esters is 1. The van der Waals surface area contributed by atoms with Gasteiger partial charge in [-0.2, -0.15) is 0 Å². The highest BCUT2D eigenvalue weighted by molar-refractivity contribution is 5.69. The molecular weight excluding hydrogens is 288 g/mol. The van der Waals surface area contributed by atoms with Crippen molar-refractivity contribution in [3.05, 3.63) is 35.9 Å². The average molecular weight is 313 g/mol. The summed E-state index contributed by atoms with van der Waals surface area (Å²) in [6.07, 6.45) is 0.499. The molecule has 1 fully saturated rings. The highest BCUT2D eigenvalue weighted by Gasteiger charge is 2.28. The highest BCUT2D eigenvalue weighted by atomic mass is 35.5. The van der Waals surface area contributed by atoms with E-state index < -0.39 is 0 Å². The van der Waals surface area contributed by atoms with Gasteiger partial charge in [0.2, 0.25) is 0 Å². The largest absolute Gasteiger partial charge is 1.00 e. The van der Waals surface area contributed by atoms with Crippen LogP contribution in [0.3, 0.4) is 0 Å². The summed E-state index contributed by atoms with van der Waals surface area (Å²) in [4.78, 5) is 13.5. The quantitative estimate of drug-likeness (QED) is 0.490. The molecular formula is C16H25ClN2O2. The van der Waals surface area contributed by atoms with Crippen LogP contribution >= 0.6 is 0 Å². The molecule has 118 valence electrons. The summed E-state index contributed by atoms with van der Waals surface area (Å²) in [5, 5.41) is 0. The van der Waals surface area contributed by atoms with Crippen molar-refractivity contribution in [3.8, 4) is 0 Å². The van der Waals surface area contributed by atoms with E-state index in [1.54, 1.807) is 0 Å². The Labute approximate surface area is 133 Å². The molecule has 4 nitrogen and oxygen atoms in total. The first-order valence-electron chi connectivity index (χ1n) is 7.28. The number of methoxy groups -OCH3 is 1. The maximum Gasteiger partial charge on any atom is 0.306 e. The van der Waals surface area contributed by atoms with E-state index in [4.69, 9.17) is 4.74 Å². The number of rotatable bonds is 5. The van der Waals surface area contributed by atoms with E-state index in [0.717, 1.165) is 43.8 Å². The van der Waals surface area contributed by atoms with Gasteiger partial charge in [-0.05, 0) is 0 Å². The Kier molecular flexibility index (Phi) is 7.15. The zero-order chi connectivity index (χ0) is 14.4. The number of hydrogen-bond donors (Lipinski definition) is 0. The van der Waals surface area contributed by atoms with Crippen LogP contribution in [0.5, 0.6) is 0 Å². The van der Waals surface area contributed by atoms with Crippen LogP contribution in [0.2, 0.25) is 0 Å². The van der Waals surface area contributed by atoms with Crippen molar-refractivity contribution in [2.24, 2.45) is 0 Å². The first-order chi connectivity index (χ1) is 9.61. The topological polar surface area (TPSA) is 29.5 Å². The van der Waals surface area contributed by atoms with Crippen LogP contribution in [0.25, 0.3) is 0 Å². The lowest BCUT2D eigenvalue weighted by Gasteiger charge is -2.42. The van der Waals surface area contributed by atoms with Crippen LogP contribution in [0.15, 0.2) is 30.3 Å². The predicted molar refractivity (Wildman–Crippen MR) is 79.1 cm³/mol. The van der Waals surface area contributed by atoms with Crippen molar-refractivity contribution in [2.45, 2.75) is 13.0 Å². The minimum Gasteiger partial charge on any atom is -1.00 e. The second-order valence-corrected chi connectivity index (χ2v) is 5.88. The van der Waals surface area contributed by atoms with E-state index in [0.29, 0.717) is 6.42 Å². The number of quaternary nitrogens is 1. The summed E-state index contributed by atoms with van der Waals surface area (Å²) < 4.78 is 5.77. The summed E-state index contributed by atoms with van der Waals surface area (Å²) in [6.45, 7) is 6.29. The van der Waals surface area contributed by atoms with E-state index in [1.165, 1.54) is 12.7 Å². The first-order valence-corrected chi connectivity index (χ1v) is 7.28. The molecule has 1 aliphatic rings. The summed E-state index contributed by atoms with van der Waals surface area (Å²) in [5.41, 5.74) is 1.40. The van der Waals surface area contributed by atoms with Crippen molar-refractivity contribution >= 4 is 5.97 Å². The molecule has 5 heteroatoms. The molecule has 1 heterocycles. The third-order valence-corrected chi connectivity index (χ3v) is 4.18. The zero-order valence-electron chi connectivity index (χ0n) is 12.9. The smallest absolute Gasteiger partial charge is 0.306 e. The summed E-state index contributed by atoms with van der Waals surface area (Å²) >= 11 is 0. The lowest BCUT2D eigenvalue weighted by molar-refractivity contribution is -0.926. The molecule has 1 aliphatic heterocycles. The van der Waals surface area contributed by atoms with Crippen molar-refractivity contribution in [1.29, 1.82) is 0 Å². The summed E-state index contributed by atoms with van der Waals surface area (Å²) in [5.74, 6) is -0.114. The van der Waals surface area contributed by atoms with Gasteiger partial charge in [-0.1, -0.05) is 30.3 Å². The number of piperazine rings is 1. The fourth-order valence-electron chi connectivity index (χ4n) is 2.75. The predicted octanol–water partition coefficient (Wildman–Crippen LogP) is -1.48. The molecule has 0 radical (unpaired) electrons. The normalized spacial score (nSPS) is 17.8. The Bertz CT molecular complexity index is 431. The molecule has 0 unspecified atom stereocenters. The second-order valence-electron chi connectivity index (χ2n) is 5.88. The number of carbonyl (C=O) groups excluding carboxylic acids is 1. The van der Waals surface area contributed by atoms with Gasteiger partial charge in [0.25, 0.3) is 0 Å². The zero-order valence-corrected chi connectivity index (χ0v) is 13.7. The van der Waals surface area contributed by atoms with Crippen LogP contribution in [-0.2, 0) is 16.1 Å². The standard InChI is InChI=1S/C16H25N2O2.ClH/c1-18(14-15-6-4-3-5-7-15)12-10-17(11-13-18)9-8-16(19)20-2;/h3-7H,8-14H2,1-2H3;1H/q+1;/p-1. The first kappa shape index (κ1) is 18.0. The number of benzene rings is 1. The molecule has 2 rings (SSSR count). The van der Waals surface area contributed by atoms with Gasteiger partial charge in [0, 0.05) is 25.2 Å². The van der Waals surface area contributed by atoms with Gasteiger partial charge in [-0.25, -0.2) is 0 Å². The van der Waals surface area contributed by atoms with E-state index >= 15 is 0 Å². The van der Waals surface area contributed by atoms with E-state index in [1.807, 2.05) is 0 Å². The third-order valence-electron chi connectivity index (χ3n) is 4.18. The van der Waals surface area contributed by atoms with Gasteiger partial charge < -0.3 is 21.6 Å². The number of ether oxygens (including phenoxy) is 1. The van der Waals surface area contributed by atoms with Crippen molar-refractivity contribution in [3.63, 3.8) is 0 Å². The molecule has 0 saturated carbocycles. The number of hydrogen-bond acceptors (Lipinski definition) is 3. The number of carbonyl (C=O) groups is 1. The minimum atomic E-state index is -0.114. The number of likely N-dealkylation sites (N-methyl/N-ethyl adjacent to an activating group) is 1. The summed E-state index contributed by atoms with van der Waals surface area (Å²) in [6, 6.07) is 10.7. The van der Waals surface area contributed by atoms with Crippen LogP contribution in [0.4, 0.5) is 0 Å². The molecule has 0 amide bonds. The molecule has 0 aromatic heterocycles. The Morgan fingerprint density at radius 2 is 1.86 bits per heavy atom. The molecule has 21 heavy (non-hydrogen) atoms. The van der Waals surface area contributed by atoms with Crippen molar-refractivity contribution in [1.82, 2.24) is 4.90 Å². The SMILES string of the molecule is COC(=O)CCN1CC[N+](C)(Cc2ccccc2)CC1.[Cl-]. The van der Waals surface area contributed by atoms with Gasteiger partial charge in [0.05, 0.1) is 33.7 Å². The van der Waals surface area contributed by atoms with Crippen LogP contribution in [-0.4, -0.2) is 62.2 Å². The molecule has 0 bridgehead atoms. The van der Waals surface area contributed by atoms with E-state index in [2.05, 4.69) is 42.3 Å². The van der Waals surface area contributed by atoms with Crippen LogP contribution < -0.4 is 12.4 Å². The maximum absolute atomic E-state index is 11.2. The molecule has 0 N–H and O–H groups in total.